The lowest BCUT2D eigenvalue weighted by atomic mass is 10.0. The molecule has 0 heterocycles. The maximum absolute atomic E-state index is 13.9. The van der Waals surface area contributed by atoms with Crippen molar-refractivity contribution in [3.63, 3.8) is 0 Å². The van der Waals surface area contributed by atoms with Crippen molar-refractivity contribution in [2.75, 3.05) is 19.0 Å². The minimum atomic E-state index is -0.813. The first-order valence-corrected chi connectivity index (χ1v) is 7.38. The second kappa shape index (κ2) is 6.88. The number of hydrogen-bond donors (Lipinski definition) is 1. The van der Waals surface area contributed by atoms with Crippen molar-refractivity contribution in [1.29, 1.82) is 0 Å². The van der Waals surface area contributed by atoms with Crippen LogP contribution in [0.15, 0.2) is 42.5 Å². The lowest BCUT2D eigenvalue weighted by Gasteiger charge is -2.25. The number of rotatable bonds is 5. The maximum atomic E-state index is 13.9. The molecule has 0 aliphatic rings. The SMILES string of the molecule is C[C@H](N[C@H](C)c1cccc(F)c1F)c1ccccc1N(C)C. The van der Waals surface area contributed by atoms with Gasteiger partial charge in [-0.3, -0.25) is 0 Å². The predicted octanol–water partition coefficient (Wildman–Crippen LogP) is 4.44. The van der Waals surface area contributed by atoms with E-state index in [9.17, 15) is 8.78 Å². The van der Waals surface area contributed by atoms with E-state index in [1.54, 1.807) is 6.07 Å². The Bertz CT molecular complexity index is 641. The van der Waals surface area contributed by atoms with Gasteiger partial charge < -0.3 is 10.2 Å². The first-order valence-electron chi connectivity index (χ1n) is 7.38. The summed E-state index contributed by atoms with van der Waals surface area (Å²) in [6.45, 7) is 3.86. The lowest BCUT2D eigenvalue weighted by molar-refractivity contribution is 0.449. The van der Waals surface area contributed by atoms with Crippen LogP contribution in [0.4, 0.5) is 14.5 Å². The smallest absolute Gasteiger partial charge is 0.163 e. The van der Waals surface area contributed by atoms with Crippen LogP contribution in [-0.2, 0) is 0 Å². The molecule has 0 aromatic heterocycles. The molecule has 2 rings (SSSR count). The summed E-state index contributed by atoms with van der Waals surface area (Å²) in [4.78, 5) is 2.04. The highest BCUT2D eigenvalue weighted by molar-refractivity contribution is 5.53. The van der Waals surface area contributed by atoms with Crippen LogP contribution in [0, 0.1) is 11.6 Å². The molecule has 2 atom stereocenters. The topological polar surface area (TPSA) is 15.3 Å². The van der Waals surface area contributed by atoms with Crippen molar-refractivity contribution < 1.29 is 8.78 Å². The molecular formula is C18H22F2N2. The molecule has 22 heavy (non-hydrogen) atoms. The van der Waals surface area contributed by atoms with Crippen LogP contribution in [0.25, 0.3) is 0 Å². The fraction of sp³-hybridized carbons (Fsp3) is 0.333. The number of hydrogen-bond acceptors (Lipinski definition) is 2. The molecule has 1 N–H and O–H groups in total. The van der Waals surface area contributed by atoms with Gasteiger partial charge in [0.15, 0.2) is 11.6 Å². The second-order valence-corrected chi connectivity index (χ2v) is 5.71. The van der Waals surface area contributed by atoms with Gasteiger partial charge in [-0.1, -0.05) is 30.3 Å². The van der Waals surface area contributed by atoms with Crippen molar-refractivity contribution in [2.45, 2.75) is 25.9 Å². The average molecular weight is 304 g/mol. The van der Waals surface area contributed by atoms with Gasteiger partial charge in [-0.25, -0.2) is 8.78 Å². The van der Waals surface area contributed by atoms with E-state index < -0.39 is 11.6 Å². The number of para-hydroxylation sites is 1. The highest BCUT2D eigenvalue weighted by Crippen LogP contribution is 2.28. The summed E-state index contributed by atoms with van der Waals surface area (Å²) in [7, 11) is 3.97. The summed E-state index contributed by atoms with van der Waals surface area (Å²) in [5, 5.41) is 3.34. The van der Waals surface area contributed by atoms with Crippen molar-refractivity contribution >= 4 is 5.69 Å². The minimum Gasteiger partial charge on any atom is -0.377 e. The van der Waals surface area contributed by atoms with E-state index in [1.165, 1.54) is 6.07 Å². The summed E-state index contributed by atoms with van der Waals surface area (Å²) < 4.78 is 27.2. The first-order chi connectivity index (χ1) is 10.4. The standard InChI is InChI=1S/C18H22F2N2/c1-12(14-8-5-6-11-17(14)22(3)4)21-13(2)15-9-7-10-16(19)18(15)20/h5-13,21H,1-4H3/t12-,13+/m0/s1. The second-order valence-electron chi connectivity index (χ2n) is 5.71. The Balaban J connectivity index is 2.22. The quantitative estimate of drug-likeness (QED) is 0.878. The molecule has 2 aromatic carbocycles. The largest absolute Gasteiger partial charge is 0.377 e. The van der Waals surface area contributed by atoms with Crippen LogP contribution in [0.5, 0.6) is 0 Å². The molecule has 0 spiro atoms. The fourth-order valence-corrected chi connectivity index (χ4v) is 2.67. The van der Waals surface area contributed by atoms with Gasteiger partial charge >= 0.3 is 0 Å². The summed E-state index contributed by atoms with van der Waals surface area (Å²) in [6.07, 6.45) is 0. The molecule has 2 nitrogen and oxygen atoms in total. The Morgan fingerprint density at radius 3 is 2.14 bits per heavy atom. The fourth-order valence-electron chi connectivity index (χ4n) is 2.67. The average Bonchev–Trinajstić information content (AvgIpc) is 2.49. The first kappa shape index (κ1) is 16.4. The molecule has 0 aliphatic heterocycles. The molecule has 4 heteroatoms. The van der Waals surface area contributed by atoms with Crippen molar-refractivity contribution in [3.05, 3.63) is 65.2 Å². The summed E-state index contributed by atoms with van der Waals surface area (Å²) in [5.41, 5.74) is 2.57. The van der Waals surface area contributed by atoms with Crippen LogP contribution in [-0.4, -0.2) is 14.1 Å². The zero-order valence-electron chi connectivity index (χ0n) is 13.4. The molecule has 0 amide bonds. The van der Waals surface area contributed by atoms with E-state index in [1.807, 2.05) is 57.1 Å². The molecule has 0 saturated heterocycles. The summed E-state index contributed by atoms with van der Waals surface area (Å²) in [6, 6.07) is 12.1. The number of halogens is 2. The Labute approximate surface area is 130 Å². The Hall–Kier alpha value is -1.94. The molecule has 2 aromatic rings. The number of nitrogens with one attached hydrogen (secondary N) is 1. The van der Waals surface area contributed by atoms with Gasteiger partial charge in [-0.15, -0.1) is 0 Å². The normalized spacial score (nSPS) is 13.7. The third-order valence-electron chi connectivity index (χ3n) is 3.83. The van der Waals surface area contributed by atoms with Gasteiger partial charge in [0.25, 0.3) is 0 Å². The van der Waals surface area contributed by atoms with Crippen molar-refractivity contribution in [2.24, 2.45) is 0 Å². The number of nitrogens with zero attached hydrogens (tertiary/aromatic N) is 1. The lowest BCUT2D eigenvalue weighted by Crippen LogP contribution is -2.25. The predicted molar refractivity (Wildman–Crippen MR) is 87.1 cm³/mol. The minimum absolute atomic E-state index is 0.0104. The van der Waals surface area contributed by atoms with Gasteiger partial charge in [-0.05, 0) is 31.5 Å². The van der Waals surface area contributed by atoms with Crippen LogP contribution < -0.4 is 10.2 Å². The number of anilines is 1. The molecular weight excluding hydrogens is 282 g/mol. The zero-order valence-corrected chi connectivity index (χ0v) is 13.4. The zero-order chi connectivity index (χ0) is 16.3. The van der Waals surface area contributed by atoms with E-state index in [-0.39, 0.29) is 12.1 Å². The Morgan fingerprint density at radius 1 is 0.864 bits per heavy atom. The number of benzene rings is 2. The van der Waals surface area contributed by atoms with E-state index in [0.29, 0.717) is 5.56 Å². The molecule has 118 valence electrons. The van der Waals surface area contributed by atoms with Crippen molar-refractivity contribution in [3.8, 4) is 0 Å². The molecule has 0 saturated carbocycles. The van der Waals surface area contributed by atoms with E-state index in [4.69, 9.17) is 0 Å². The van der Waals surface area contributed by atoms with E-state index in [2.05, 4.69) is 5.32 Å². The highest BCUT2D eigenvalue weighted by Gasteiger charge is 2.18. The molecule has 0 bridgehead atoms. The van der Waals surface area contributed by atoms with Gasteiger partial charge in [0.05, 0.1) is 0 Å². The van der Waals surface area contributed by atoms with Gasteiger partial charge in [-0.2, -0.15) is 0 Å². The van der Waals surface area contributed by atoms with Crippen LogP contribution in [0.1, 0.15) is 37.1 Å². The van der Waals surface area contributed by atoms with Gasteiger partial charge in [0.2, 0.25) is 0 Å². The molecule has 0 unspecified atom stereocenters. The third kappa shape index (κ3) is 3.45. The third-order valence-corrected chi connectivity index (χ3v) is 3.83. The van der Waals surface area contributed by atoms with Gasteiger partial charge in [0, 0.05) is 37.4 Å². The van der Waals surface area contributed by atoms with Crippen LogP contribution in [0.2, 0.25) is 0 Å². The van der Waals surface area contributed by atoms with Gasteiger partial charge in [0.1, 0.15) is 0 Å². The monoisotopic (exact) mass is 304 g/mol. The Kier molecular flexibility index (Phi) is 5.14. The molecule has 0 fully saturated rings. The van der Waals surface area contributed by atoms with E-state index >= 15 is 0 Å². The molecule has 0 aliphatic carbocycles. The van der Waals surface area contributed by atoms with Crippen molar-refractivity contribution in [1.82, 2.24) is 5.32 Å². The van der Waals surface area contributed by atoms with Crippen LogP contribution in [0.3, 0.4) is 0 Å². The molecule has 0 radical (unpaired) electrons. The highest BCUT2D eigenvalue weighted by atomic mass is 19.2. The maximum Gasteiger partial charge on any atom is 0.163 e. The van der Waals surface area contributed by atoms with Crippen LogP contribution >= 0.6 is 0 Å². The summed E-state index contributed by atoms with van der Waals surface area (Å²) >= 11 is 0. The Morgan fingerprint density at radius 2 is 1.45 bits per heavy atom. The summed E-state index contributed by atoms with van der Waals surface area (Å²) in [5.74, 6) is -1.59. The van der Waals surface area contributed by atoms with E-state index in [0.717, 1.165) is 17.3 Å².